The van der Waals surface area contributed by atoms with Gasteiger partial charge < -0.3 is 14.8 Å². The molecule has 4 rings (SSSR count). The van der Waals surface area contributed by atoms with Crippen LogP contribution in [0.3, 0.4) is 0 Å². The van der Waals surface area contributed by atoms with Crippen molar-refractivity contribution in [2.75, 3.05) is 36.0 Å². The van der Waals surface area contributed by atoms with Gasteiger partial charge in [0.1, 0.15) is 17.5 Å². The SMILES string of the molecule is CCc1cc(=O)[nH]c(-c2ccc(N3CCN(c4ncc(Cl)cc4Cl)CC3)nc2)n1. The molecule has 150 valence electrons. The summed E-state index contributed by atoms with van der Waals surface area (Å²) >= 11 is 12.2. The number of anilines is 2. The second-order valence-corrected chi connectivity index (χ2v) is 7.62. The first kappa shape index (κ1) is 19.7. The summed E-state index contributed by atoms with van der Waals surface area (Å²) in [5, 5.41) is 1.09. The van der Waals surface area contributed by atoms with Crippen LogP contribution in [0, 0.1) is 0 Å². The third-order valence-electron chi connectivity index (χ3n) is 4.87. The van der Waals surface area contributed by atoms with Gasteiger partial charge in [0.15, 0.2) is 0 Å². The summed E-state index contributed by atoms with van der Waals surface area (Å²) in [4.78, 5) is 32.3. The second-order valence-electron chi connectivity index (χ2n) is 6.78. The maximum atomic E-state index is 11.8. The molecule has 1 saturated heterocycles. The van der Waals surface area contributed by atoms with E-state index >= 15 is 0 Å². The monoisotopic (exact) mass is 430 g/mol. The van der Waals surface area contributed by atoms with Crippen LogP contribution in [0.5, 0.6) is 0 Å². The van der Waals surface area contributed by atoms with E-state index in [1.165, 1.54) is 6.07 Å². The first-order valence-corrected chi connectivity index (χ1v) is 10.2. The maximum Gasteiger partial charge on any atom is 0.251 e. The summed E-state index contributed by atoms with van der Waals surface area (Å²) < 4.78 is 0. The molecule has 9 heteroatoms. The van der Waals surface area contributed by atoms with Gasteiger partial charge in [-0.3, -0.25) is 4.79 Å². The summed E-state index contributed by atoms with van der Waals surface area (Å²) in [5.41, 5.74) is 1.40. The van der Waals surface area contributed by atoms with E-state index in [-0.39, 0.29) is 5.56 Å². The molecule has 0 spiro atoms. The Bertz CT molecular complexity index is 1060. The zero-order valence-electron chi connectivity index (χ0n) is 15.9. The summed E-state index contributed by atoms with van der Waals surface area (Å²) in [5.74, 6) is 2.18. The molecule has 0 saturated carbocycles. The van der Waals surface area contributed by atoms with Crippen molar-refractivity contribution in [3.8, 4) is 11.4 Å². The molecule has 29 heavy (non-hydrogen) atoms. The van der Waals surface area contributed by atoms with E-state index < -0.39 is 0 Å². The topological polar surface area (TPSA) is 78.0 Å². The number of aromatic nitrogens is 4. The van der Waals surface area contributed by atoms with E-state index in [1.54, 1.807) is 18.5 Å². The van der Waals surface area contributed by atoms with E-state index in [1.807, 2.05) is 19.1 Å². The summed E-state index contributed by atoms with van der Waals surface area (Å²) in [6, 6.07) is 7.12. The minimum Gasteiger partial charge on any atom is -0.353 e. The first-order chi connectivity index (χ1) is 14.0. The van der Waals surface area contributed by atoms with Gasteiger partial charge in [0.2, 0.25) is 0 Å². The molecule has 0 aromatic carbocycles. The molecule has 0 amide bonds. The normalized spacial score (nSPS) is 14.3. The molecule has 0 bridgehead atoms. The van der Waals surface area contributed by atoms with Crippen LogP contribution in [0.15, 0.2) is 41.5 Å². The van der Waals surface area contributed by atoms with Crippen LogP contribution in [0.25, 0.3) is 11.4 Å². The molecule has 7 nitrogen and oxygen atoms in total. The molecule has 0 radical (unpaired) electrons. The highest BCUT2D eigenvalue weighted by atomic mass is 35.5. The molecule has 4 heterocycles. The molecule has 0 unspecified atom stereocenters. The van der Waals surface area contributed by atoms with Gasteiger partial charge in [0.05, 0.1) is 10.0 Å². The van der Waals surface area contributed by atoms with Crippen LogP contribution < -0.4 is 15.4 Å². The van der Waals surface area contributed by atoms with E-state index in [0.717, 1.165) is 49.1 Å². The minimum atomic E-state index is -0.151. The number of hydrogen-bond donors (Lipinski definition) is 1. The maximum absolute atomic E-state index is 11.8. The first-order valence-electron chi connectivity index (χ1n) is 9.41. The summed E-state index contributed by atoms with van der Waals surface area (Å²) in [6.45, 7) is 5.14. The Balaban J connectivity index is 1.45. The lowest BCUT2D eigenvalue weighted by molar-refractivity contribution is 0.642. The average Bonchev–Trinajstić information content (AvgIpc) is 2.73. The van der Waals surface area contributed by atoms with Crippen LogP contribution in [0.1, 0.15) is 12.6 Å². The number of nitrogens with zero attached hydrogens (tertiary/aromatic N) is 5. The van der Waals surface area contributed by atoms with Crippen molar-refractivity contribution in [2.24, 2.45) is 0 Å². The Labute approximate surface area is 178 Å². The molecule has 1 aliphatic rings. The fourth-order valence-electron chi connectivity index (χ4n) is 3.33. The number of piperazine rings is 1. The van der Waals surface area contributed by atoms with E-state index in [4.69, 9.17) is 23.2 Å². The molecular formula is C20H20Cl2N6O. The molecule has 0 aliphatic carbocycles. The number of halogens is 2. The molecule has 3 aromatic rings. The largest absolute Gasteiger partial charge is 0.353 e. The average molecular weight is 431 g/mol. The number of aryl methyl sites for hydroxylation is 1. The number of H-pyrrole nitrogens is 1. The number of aromatic amines is 1. The van der Waals surface area contributed by atoms with Gasteiger partial charge in [-0.1, -0.05) is 30.1 Å². The highest BCUT2D eigenvalue weighted by Crippen LogP contribution is 2.27. The Morgan fingerprint density at radius 2 is 1.79 bits per heavy atom. The van der Waals surface area contributed by atoms with Crippen molar-refractivity contribution in [3.05, 3.63) is 62.8 Å². The number of nitrogens with one attached hydrogen (secondary N) is 1. The zero-order valence-corrected chi connectivity index (χ0v) is 17.4. The van der Waals surface area contributed by atoms with Gasteiger partial charge >= 0.3 is 0 Å². The van der Waals surface area contributed by atoms with E-state index in [9.17, 15) is 4.79 Å². The fourth-order valence-corrected chi connectivity index (χ4v) is 3.83. The molecular weight excluding hydrogens is 411 g/mol. The number of rotatable bonds is 4. The highest BCUT2D eigenvalue weighted by molar-refractivity contribution is 6.36. The van der Waals surface area contributed by atoms with Gasteiger partial charge in [0, 0.05) is 55.9 Å². The lowest BCUT2D eigenvalue weighted by Crippen LogP contribution is -2.47. The van der Waals surface area contributed by atoms with Gasteiger partial charge in [-0.05, 0) is 24.6 Å². The molecule has 1 fully saturated rings. The zero-order chi connectivity index (χ0) is 20.4. The predicted octanol–water partition coefficient (Wildman–Crippen LogP) is 3.42. The standard InChI is InChI=1S/C20H20Cl2N6O/c1-2-15-10-18(29)26-19(25-15)13-3-4-17(23-11-13)27-5-7-28(8-6-27)20-16(22)9-14(21)12-24-20/h3-4,9-12H,2,5-8H2,1H3,(H,25,26,29). The quantitative estimate of drug-likeness (QED) is 0.682. The van der Waals surface area contributed by atoms with Crippen LogP contribution in [-0.2, 0) is 6.42 Å². The molecule has 0 atom stereocenters. The van der Waals surface area contributed by atoms with Crippen LogP contribution in [-0.4, -0.2) is 46.1 Å². The van der Waals surface area contributed by atoms with Gasteiger partial charge in [-0.25, -0.2) is 15.0 Å². The van der Waals surface area contributed by atoms with Crippen molar-refractivity contribution in [2.45, 2.75) is 13.3 Å². The summed E-state index contributed by atoms with van der Waals surface area (Å²) in [7, 11) is 0. The van der Waals surface area contributed by atoms with Crippen molar-refractivity contribution < 1.29 is 0 Å². The van der Waals surface area contributed by atoms with E-state index in [2.05, 4.69) is 29.7 Å². The van der Waals surface area contributed by atoms with Crippen molar-refractivity contribution in [3.63, 3.8) is 0 Å². The minimum absolute atomic E-state index is 0.151. The lowest BCUT2D eigenvalue weighted by atomic mass is 10.2. The smallest absolute Gasteiger partial charge is 0.251 e. The predicted molar refractivity (Wildman–Crippen MR) is 116 cm³/mol. The van der Waals surface area contributed by atoms with Crippen molar-refractivity contribution in [1.82, 2.24) is 19.9 Å². The van der Waals surface area contributed by atoms with Crippen molar-refractivity contribution in [1.29, 1.82) is 0 Å². The van der Waals surface area contributed by atoms with E-state index in [0.29, 0.717) is 22.3 Å². The van der Waals surface area contributed by atoms with Crippen LogP contribution in [0.4, 0.5) is 11.6 Å². The lowest BCUT2D eigenvalue weighted by Gasteiger charge is -2.36. The van der Waals surface area contributed by atoms with Crippen LogP contribution >= 0.6 is 23.2 Å². The molecule has 3 aromatic heterocycles. The number of hydrogen-bond acceptors (Lipinski definition) is 6. The fraction of sp³-hybridized carbons (Fsp3) is 0.300. The third kappa shape index (κ3) is 4.36. The third-order valence-corrected chi connectivity index (χ3v) is 5.35. The molecule has 1 N–H and O–H groups in total. The van der Waals surface area contributed by atoms with Crippen molar-refractivity contribution >= 4 is 34.8 Å². The second kappa shape index (κ2) is 8.39. The van der Waals surface area contributed by atoms with Gasteiger partial charge in [0.25, 0.3) is 5.56 Å². The molecule has 1 aliphatic heterocycles. The Morgan fingerprint density at radius 3 is 2.45 bits per heavy atom. The Hall–Kier alpha value is -2.64. The number of pyridine rings is 2. The summed E-state index contributed by atoms with van der Waals surface area (Å²) in [6.07, 6.45) is 4.07. The Morgan fingerprint density at radius 1 is 1.03 bits per heavy atom. The van der Waals surface area contributed by atoms with Crippen LogP contribution in [0.2, 0.25) is 10.0 Å². The van der Waals surface area contributed by atoms with Gasteiger partial charge in [-0.2, -0.15) is 0 Å². The van der Waals surface area contributed by atoms with Gasteiger partial charge in [-0.15, -0.1) is 0 Å². The Kier molecular flexibility index (Phi) is 5.69. The highest BCUT2D eigenvalue weighted by Gasteiger charge is 2.21.